The van der Waals surface area contributed by atoms with Crippen LogP contribution >= 0.6 is 0 Å². The fourth-order valence-electron chi connectivity index (χ4n) is 2.86. The van der Waals surface area contributed by atoms with Crippen molar-refractivity contribution in [3.05, 3.63) is 30.1 Å². The summed E-state index contributed by atoms with van der Waals surface area (Å²) in [6, 6.07) is 4.82. The monoisotopic (exact) mass is 329 g/mol. The van der Waals surface area contributed by atoms with Crippen molar-refractivity contribution in [2.24, 2.45) is 0 Å². The predicted octanol–water partition coefficient (Wildman–Crippen LogP) is -0.223. The summed E-state index contributed by atoms with van der Waals surface area (Å²) in [5.41, 5.74) is 0. The number of morpholine rings is 2. The zero-order chi connectivity index (χ0) is 15.6. The molecule has 6 nitrogen and oxygen atoms in total. The molecule has 122 valence electrons. The predicted molar refractivity (Wildman–Crippen MR) is 79.6 cm³/mol. The van der Waals surface area contributed by atoms with E-state index in [1.807, 2.05) is 0 Å². The topological polar surface area (TPSA) is 70.7 Å². The van der Waals surface area contributed by atoms with Gasteiger partial charge in [0.1, 0.15) is 5.82 Å². The Morgan fingerprint density at radius 3 is 2.50 bits per heavy atom. The molecule has 1 aromatic rings. The van der Waals surface area contributed by atoms with Crippen LogP contribution in [0.25, 0.3) is 0 Å². The Hall–Kier alpha value is -1.06. The molecule has 3 rings (SSSR count). The van der Waals surface area contributed by atoms with E-state index in [4.69, 9.17) is 4.74 Å². The molecule has 1 aromatic carbocycles. The lowest BCUT2D eigenvalue weighted by molar-refractivity contribution is -0.102. The van der Waals surface area contributed by atoms with Crippen LogP contribution in [0.4, 0.5) is 4.39 Å². The van der Waals surface area contributed by atoms with Crippen LogP contribution in [0.3, 0.4) is 0 Å². The first-order valence-corrected chi connectivity index (χ1v) is 8.85. The Kier molecular flexibility index (Phi) is 4.74. The molecule has 0 saturated carbocycles. The number of benzene rings is 1. The van der Waals surface area contributed by atoms with Crippen molar-refractivity contribution in [3.63, 3.8) is 0 Å². The third-order valence-electron chi connectivity index (χ3n) is 3.90. The zero-order valence-electron chi connectivity index (χ0n) is 12.2. The number of nitrogens with one attached hydrogen (secondary N) is 2. The molecule has 2 aliphatic rings. The molecule has 2 atom stereocenters. The van der Waals surface area contributed by atoms with E-state index in [1.165, 1.54) is 12.1 Å². The molecular formula is C14H20FN3O3S. The second-order valence-electron chi connectivity index (χ2n) is 5.65. The summed E-state index contributed by atoms with van der Waals surface area (Å²) >= 11 is 0. The van der Waals surface area contributed by atoms with E-state index in [1.54, 1.807) is 0 Å². The van der Waals surface area contributed by atoms with E-state index in [9.17, 15) is 12.8 Å². The minimum atomic E-state index is -3.58. The highest BCUT2D eigenvalue weighted by molar-refractivity contribution is 7.89. The highest BCUT2D eigenvalue weighted by Crippen LogP contribution is 2.14. The smallest absolute Gasteiger partial charge is 0.240 e. The second kappa shape index (κ2) is 6.59. The summed E-state index contributed by atoms with van der Waals surface area (Å²) in [5, 5.41) is 3.32. The summed E-state index contributed by atoms with van der Waals surface area (Å²) in [4.78, 5) is 2.30. The summed E-state index contributed by atoms with van der Waals surface area (Å²) in [6.45, 7) is 4.26. The third-order valence-corrected chi connectivity index (χ3v) is 5.37. The quantitative estimate of drug-likeness (QED) is 0.781. The van der Waals surface area contributed by atoms with Crippen LogP contribution in [0.5, 0.6) is 0 Å². The minimum absolute atomic E-state index is 0.0805. The molecule has 0 radical (unpaired) electrons. The SMILES string of the molecule is O=S(=O)(NCCN1CC2CNCC(C1)O2)c1ccc(F)cc1. The summed E-state index contributed by atoms with van der Waals surface area (Å²) < 4.78 is 45.4. The number of hydrogen-bond acceptors (Lipinski definition) is 5. The van der Waals surface area contributed by atoms with Gasteiger partial charge >= 0.3 is 0 Å². The first kappa shape index (κ1) is 15.8. The molecule has 2 fully saturated rings. The molecule has 22 heavy (non-hydrogen) atoms. The summed E-state index contributed by atoms with van der Waals surface area (Å²) in [7, 11) is -3.58. The van der Waals surface area contributed by atoms with Crippen LogP contribution in [0, 0.1) is 5.82 Å². The van der Waals surface area contributed by atoms with Crippen molar-refractivity contribution in [2.75, 3.05) is 39.3 Å². The van der Waals surface area contributed by atoms with Crippen LogP contribution in [-0.4, -0.2) is 64.8 Å². The highest BCUT2D eigenvalue weighted by atomic mass is 32.2. The van der Waals surface area contributed by atoms with Crippen molar-refractivity contribution < 1.29 is 17.5 Å². The van der Waals surface area contributed by atoms with Crippen LogP contribution < -0.4 is 10.0 Å². The van der Waals surface area contributed by atoms with Crippen molar-refractivity contribution in [3.8, 4) is 0 Å². The average Bonchev–Trinajstić information content (AvgIpc) is 2.47. The molecule has 0 amide bonds. The third kappa shape index (κ3) is 3.82. The van der Waals surface area contributed by atoms with Crippen molar-refractivity contribution in [1.82, 2.24) is 14.9 Å². The number of hydrogen-bond donors (Lipinski definition) is 2. The van der Waals surface area contributed by atoms with Gasteiger partial charge in [-0.25, -0.2) is 17.5 Å². The maximum atomic E-state index is 12.8. The molecular weight excluding hydrogens is 309 g/mol. The van der Waals surface area contributed by atoms with Gasteiger partial charge in [0.15, 0.2) is 0 Å². The molecule has 2 unspecified atom stereocenters. The van der Waals surface area contributed by atoms with Gasteiger partial charge in [-0.1, -0.05) is 0 Å². The van der Waals surface area contributed by atoms with Crippen LogP contribution in [-0.2, 0) is 14.8 Å². The fraction of sp³-hybridized carbons (Fsp3) is 0.571. The number of sulfonamides is 1. The van der Waals surface area contributed by atoms with Gasteiger partial charge in [-0.05, 0) is 24.3 Å². The van der Waals surface area contributed by atoms with E-state index in [2.05, 4.69) is 14.9 Å². The Morgan fingerprint density at radius 1 is 1.23 bits per heavy atom. The number of rotatable bonds is 5. The Morgan fingerprint density at radius 2 is 1.86 bits per heavy atom. The molecule has 2 bridgehead atoms. The minimum Gasteiger partial charge on any atom is -0.370 e. The Labute approximate surface area is 129 Å². The molecule has 0 aromatic heterocycles. The molecule has 8 heteroatoms. The normalized spacial score (nSPS) is 26.0. The fourth-order valence-corrected chi connectivity index (χ4v) is 3.88. The van der Waals surface area contributed by atoms with E-state index >= 15 is 0 Å². The van der Waals surface area contributed by atoms with E-state index < -0.39 is 15.8 Å². The first-order chi connectivity index (χ1) is 10.5. The van der Waals surface area contributed by atoms with Crippen LogP contribution in [0.1, 0.15) is 0 Å². The van der Waals surface area contributed by atoms with Crippen molar-refractivity contribution >= 4 is 10.0 Å². The summed E-state index contributed by atoms with van der Waals surface area (Å²) in [6.07, 6.45) is 0.363. The molecule has 2 N–H and O–H groups in total. The average molecular weight is 329 g/mol. The van der Waals surface area contributed by atoms with Gasteiger partial charge in [0.25, 0.3) is 0 Å². The first-order valence-electron chi connectivity index (χ1n) is 7.37. The largest absolute Gasteiger partial charge is 0.370 e. The number of fused-ring (bicyclic) bond motifs is 2. The number of nitrogens with zero attached hydrogens (tertiary/aromatic N) is 1. The maximum Gasteiger partial charge on any atom is 0.240 e. The van der Waals surface area contributed by atoms with E-state index in [0.29, 0.717) is 13.1 Å². The lowest BCUT2D eigenvalue weighted by atomic mass is 10.1. The van der Waals surface area contributed by atoms with Crippen molar-refractivity contribution in [1.29, 1.82) is 0 Å². The Bertz CT molecular complexity index is 596. The second-order valence-corrected chi connectivity index (χ2v) is 7.42. The standard InChI is InChI=1S/C14H20FN3O3S/c15-11-1-3-14(4-2-11)22(19,20)17-5-6-18-9-12-7-16-8-13(10-18)21-12/h1-4,12-13,16-17H,5-10H2. The molecule has 0 spiro atoms. The highest BCUT2D eigenvalue weighted by Gasteiger charge is 2.30. The summed E-state index contributed by atoms with van der Waals surface area (Å²) in [5.74, 6) is -0.451. The van der Waals surface area contributed by atoms with Gasteiger partial charge in [0.2, 0.25) is 10.0 Å². The number of halogens is 1. The van der Waals surface area contributed by atoms with Crippen LogP contribution in [0.15, 0.2) is 29.2 Å². The van der Waals surface area contributed by atoms with Crippen LogP contribution in [0.2, 0.25) is 0 Å². The Balaban J connectivity index is 1.51. The number of ether oxygens (including phenoxy) is 1. The van der Waals surface area contributed by atoms with E-state index in [0.717, 1.165) is 38.3 Å². The maximum absolute atomic E-state index is 12.8. The lowest BCUT2D eigenvalue weighted by Gasteiger charge is -2.41. The van der Waals surface area contributed by atoms with E-state index in [-0.39, 0.29) is 17.1 Å². The van der Waals surface area contributed by atoms with Gasteiger partial charge in [-0.3, -0.25) is 4.90 Å². The lowest BCUT2D eigenvalue weighted by Crippen LogP contribution is -2.59. The molecule has 2 saturated heterocycles. The van der Waals surface area contributed by atoms with Gasteiger partial charge in [-0.2, -0.15) is 0 Å². The zero-order valence-corrected chi connectivity index (χ0v) is 13.0. The van der Waals surface area contributed by atoms with Gasteiger partial charge in [0, 0.05) is 39.3 Å². The molecule has 2 aliphatic heterocycles. The van der Waals surface area contributed by atoms with Crippen molar-refractivity contribution in [2.45, 2.75) is 17.1 Å². The molecule has 2 heterocycles. The van der Waals surface area contributed by atoms with Gasteiger partial charge < -0.3 is 10.1 Å². The van der Waals surface area contributed by atoms with Gasteiger partial charge in [0.05, 0.1) is 17.1 Å². The van der Waals surface area contributed by atoms with Gasteiger partial charge in [-0.15, -0.1) is 0 Å². The molecule has 0 aliphatic carbocycles.